The highest BCUT2D eigenvalue weighted by molar-refractivity contribution is 4.87. The van der Waals surface area contributed by atoms with E-state index in [0.717, 1.165) is 106 Å². The summed E-state index contributed by atoms with van der Waals surface area (Å²) < 4.78 is 0. The maximum absolute atomic E-state index is 2.39. The Bertz CT molecular complexity index is 1280. The zero-order chi connectivity index (χ0) is 59.0. The van der Waals surface area contributed by atoms with E-state index in [1.807, 2.05) is 0 Å². The summed E-state index contributed by atoms with van der Waals surface area (Å²) in [6.45, 7) is 60.7. The largest absolute Gasteiger partial charge is 0.0651 e. The van der Waals surface area contributed by atoms with Crippen molar-refractivity contribution >= 4 is 0 Å². The summed E-state index contributed by atoms with van der Waals surface area (Å²) in [5, 5.41) is 0. The zero-order valence-electron chi connectivity index (χ0n) is 59.0. The van der Waals surface area contributed by atoms with Gasteiger partial charge in [-0.2, -0.15) is 0 Å². The molecule has 11 fully saturated rings. The van der Waals surface area contributed by atoms with Crippen LogP contribution in [-0.4, -0.2) is 0 Å². The van der Waals surface area contributed by atoms with Crippen LogP contribution in [0.5, 0.6) is 0 Å². The van der Waals surface area contributed by atoms with Gasteiger partial charge in [-0.25, -0.2) is 0 Å². The molecular weight excluding hydrogens is 925 g/mol. The SMILES string of the molecule is CC(C)C1CCC1.CC1CC(C)(C)C1.CC1CCC1(C)C.CC1C[C@H](C)C1C.CCC1(C)CCC1.CCC1(C)CCC1.CCC1CC(C)C1.CCC1CC(C)C1.CCC1CCC1C.CCC1CC[C@@H]1C.C[C@H]1CCC1(C)C. The number of rotatable bonds is 7. The maximum Gasteiger partial charge on any atom is -0.0328 e. The highest BCUT2D eigenvalue weighted by Gasteiger charge is 2.36. The second-order valence-corrected chi connectivity index (χ2v) is 33.7. The predicted octanol–water partition coefficient (Wildman–Crippen LogP) is 27.0. The predicted molar refractivity (Wildman–Crippen MR) is 354 cm³/mol. The molecule has 0 saturated heterocycles. The van der Waals surface area contributed by atoms with E-state index in [0.29, 0.717) is 16.2 Å². The van der Waals surface area contributed by atoms with E-state index in [-0.39, 0.29) is 0 Å². The van der Waals surface area contributed by atoms with Gasteiger partial charge in [-0.1, -0.05) is 263 Å². The van der Waals surface area contributed by atoms with Crippen molar-refractivity contribution < 1.29 is 0 Å². The number of hydrogen-bond donors (Lipinski definition) is 0. The molecule has 0 heterocycles. The fourth-order valence-electron chi connectivity index (χ4n) is 14.1. The quantitative estimate of drug-likeness (QED) is 0.238. The first kappa shape index (κ1) is 75.0. The van der Waals surface area contributed by atoms with Gasteiger partial charge in [-0.05, 0) is 231 Å². The van der Waals surface area contributed by atoms with Gasteiger partial charge in [0, 0.05) is 0 Å². The third-order valence-electron chi connectivity index (χ3n) is 25.1. The van der Waals surface area contributed by atoms with Crippen LogP contribution in [0.4, 0.5) is 0 Å². The van der Waals surface area contributed by atoms with Gasteiger partial charge in [0.15, 0.2) is 0 Å². The lowest BCUT2D eigenvalue weighted by Gasteiger charge is -2.42. The molecule has 0 bridgehead atoms. The molecule has 0 nitrogen and oxygen atoms in total. The van der Waals surface area contributed by atoms with E-state index < -0.39 is 0 Å². The van der Waals surface area contributed by atoms with Crippen LogP contribution in [-0.2, 0) is 0 Å². The van der Waals surface area contributed by atoms with E-state index in [1.54, 1.807) is 0 Å². The van der Waals surface area contributed by atoms with Crippen molar-refractivity contribution in [3.05, 3.63) is 0 Å². The summed E-state index contributed by atoms with van der Waals surface area (Å²) in [5.74, 6) is 16.6. The van der Waals surface area contributed by atoms with Crippen molar-refractivity contribution in [3.8, 4) is 0 Å². The smallest absolute Gasteiger partial charge is 0.0328 e. The molecule has 11 aliphatic rings. The van der Waals surface area contributed by atoms with Crippen molar-refractivity contribution in [2.45, 2.75) is 373 Å². The Kier molecular flexibility index (Phi) is 35.7. The van der Waals surface area contributed by atoms with Crippen LogP contribution in [0.15, 0.2) is 0 Å². The lowest BCUT2D eigenvalue weighted by Crippen LogP contribution is -2.31. The molecule has 0 aromatic carbocycles. The van der Waals surface area contributed by atoms with Gasteiger partial charge in [-0.15, -0.1) is 0 Å². The normalized spacial score (nSPS) is 35.6. The van der Waals surface area contributed by atoms with Gasteiger partial charge < -0.3 is 0 Å². The van der Waals surface area contributed by atoms with E-state index in [2.05, 4.69) is 180 Å². The fourth-order valence-corrected chi connectivity index (χ4v) is 14.1. The average Bonchev–Trinajstić information content (AvgIpc) is 3.32. The summed E-state index contributed by atoms with van der Waals surface area (Å²) in [5.41, 5.74) is 3.58. The molecule has 462 valence electrons. The Morgan fingerprint density at radius 1 is 0.364 bits per heavy atom. The third-order valence-corrected chi connectivity index (χ3v) is 25.1. The highest BCUT2D eigenvalue weighted by atomic mass is 14.4. The molecule has 0 N–H and O–H groups in total. The van der Waals surface area contributed by atoms with Crippen LogP contribution >= 0.6 is 0 Å². The molecule has 0 aromatic rings. The molecule has 9 atom stereocenters. The highest BCUT2D eigenvalue weighted by Crippen LogP contribution is 2.47. The van der Waals surface area contributed by atoms with Gasteiger partial charge >= 0.3 is 0 Å². The molecule has 0 aromatic heterocycles. The first-order valence-electron chi connectivity index (χ1n) is 35.7. The van der Waals surface area contributed by atoms with Crippen molar-refractivity contribution in [2.24, 2.45) is 122 Å². The molecule has 0 heteroatoms. The summed E-state index contributed by atoms with van der Waals surface area (Å²) in [6, 6.07) is 0. The van der Waals surface area contributed by atoms with E-state index in [9.17, 15) is 0 Å². The average molecular weight is 1080 g/mol. The van der Waals surface area contributed by atoms with Crippen LogP contribution in [0.1, 0.15) is 373 Å². The molecular formula is C77H154. The lowest BCUT2D eigenvalue weighted by molar-refractivity contribution is 0.0891. The van der Waals surface area contributed by atoms with Gasteiger partial charge in [0.1, 0.15) is 0 Å². The standard InChI is InChI=1S/11C7H14/c1-6-4-7(2,3)5-6;2*1-6-4-5-7(6,2)3;1-5-4-6(2)7(5)3;1-6(2)7-4-3-5-7;2*1-3-7-4-6(2)5-7;2*1-3-7(2)5-4-6-7;2*1-3-7-5-4-6(7)2/h3*6H,4-5H2,1-3H3;5-7H,4H2,1-3H3;3*6-7H,3-5H2,1-2H3;2*3-6H2,1-2H3;2*6-7H,3-5H2,1-2H3/t;6-;;5-,6?,7?;;;;;;6-,7?;/m.0.0.....0./s1. The second kappa shape index (κ2) is 36.7. The Hall–Kier alpha value is 0. The zero-order valence-corrected chi connectivity index (χ0v) is 59.0. The van der Waals surface area contributed by atoms with Gasteiger partial charge in [0.05, 0.1) is 0 Å². The minimum Gasteiger partial charge on any atom is -0.0651 e. The maximum atomic E-state index is 2.39. The third kappa shape index (κ3) is 28.9. The molecule has 77 heavy (non-hydrogen) atoms. The van der Waals surface area contributed by atoms with E-state index in [1.165, 1.54) is 193 Å². The van der Waals surface area contributed by atoms with Crippen LogP contribution in [0.25, 0.3) is 0 Å². The Morgan fingerprint density at radius 3 is 0.714 bits per heavy atom. The summed E-state index contributed by atoms with van der Waals surface area (Å²) in [6.07, 6.45) is 43.8. The van der Waals surface area contributed by atoms with E-state index in [4.69, 9.17) is 0 Å². The minimum atomic E-state index is 0.681. The van der Waals surface area contributed by atoms with Crippen LogP contribution < -0.4 is 0 Å². The molecule has 0 radical (unpaired) electrons. The van der Waals surface area contributed by atoms with Crippen molar-refractivity contribution in [1.82, 2.24) is 0 Å². The summed E-state index contributed by atoms with van der Waals surface area (Å²) in [7, 11) is 0. The topological polar surface area (TPSA) is 0 Å². The summed E-state index contributed by atoms with van der Waals surface area (Å²) >= 11 is 0. The van der Waals surface area contributed by atoms with Crippen molar-refractivity contribution in [2.75, 3.05) is 0 Å². The van der Waals surface area contributed by atoms with Gasteiger partial charge in [0.2, 0.25) is 0 Å². The fraction of sp³-hybridized carbons (Fsp3) is 1.00. The van der Waals surface area contributed by atoms with Crippen LogP contribution in [0.2, 0.25) is 0 Å². The first-order chi connectivity index (χ1) is 35.7. The minimum absolute atomic E-state index is 0.681. The monoisotopic (exact) mass is 1080 g/mol. The molecule has 11 rings (SSSR count). The van der Waals surface area contributed by atoms with Crippen LogP contribution in [0, 0.1) is 122 Å². The van der Waals surface area contributed by atoms with Gasteiger partial charge in [-0.3, -0.25) is 0 Å². The van der Waals surface area contributed by atoms with Gasteiger partial charge in [0.25, 0.3) is 0 Å². The van der Waals surface area contributed by atoms with Crippen molar-refractivity contribution in [1.29, 1.82) is 0 Å². The molecule has 0 spiro atoms. The molecule has 0 amide bonds. The molecule has 6 unspecified atom stereocenters. The first-order valence-corrected chi connectivity index (χ1v) is 35.7. The van der Waals surface area contributed by atoms with E-state index >= 15 is 0 Å². The Labute approximate surface area is 491 Å². The second-order valence-electron chi connectivity index (χ2n) is 33.7. The Morgan fingerprint density at radius 2 is 0.701 bits per heavy atom. The van der Waals surface area contributed by atoms with Crippen molar-refractivity contribution in [3.63, 3.8) is 0 Å². The molecule has 11 aliphatic carbocycles. The lowest BCUT2D eigenvalue weighted by atomic mass is 9.64. The van der Waals surface area contributed by atoms with Crippen LogP contribution in [0.3, 0.4) is 0 Å². The molecule has 0 aliphatic heterocycles. The number of hydrogen-bond acceptors (Lipinski definition) is 0. The Balaban J connectivity index is 0.000000423. The summed E-state index contributed by atoms with van der Waals surface area (Å²) in [4.78, 5) is 0. The molecule has 11 saturated carbocycles.